The highest BCUT2D eigenvalue weighted by atomic mass is 16.1. The number of hydrogen-bond acceptors (Lipinski definition) is 5. The largest absolute Gasteiger partial charge is 0.339 e. The topological polar surface area (TPSA) is 84.6 Å². The number of aromatic nitrogens is 6. The Bertz CT molecular complexity index is 1260. The van der Waals surface area contributed by atoms with Gasteiger partial charge in [0.1, 0.15) is 5.52 Å². The second-order valence-corrected chi connectivity index (χ2v) is 8.68. The van der Waals surface area contributed by atoms with Gasteiger partial charge in [0.05, 0.1) is 23.6 Å². The number of benzene rings is 1. The zero-order valence-electron chi connectivity index (χ0n) is 18.3. The number of nitrogens with zero attached hydrogens (tertiary/aromatic N) is 6. The summed E-state index contributed by atoms with van der Waals surface area (Å²) in [4.78, 5) is 22.4. The van der Waals surface area contributed by atoms with Crippen LogP contribution in [-0.4, -0.2) is 36.6 Å². The number of fused-ring (bicyclic) bond motifs is 1. The smallest absolute Gasteiger partial charge is 0.278 e. The quantitative estimate of drug-likeness (QED) is 0.564. The fraction of sp³-hybridized carbons (Fsp3) is 0.364. The average Bonchev–Trinajstić information content (AvgIpc) is 3.23. The van der Waals surface area contributed by atoms with E-state index in [1.165, 1.54) is 0 Å². The van der Waals surface area contributed by atoms with Gasteiger partial charge >= 0.3 is 0 Å². The molecule has 3 heterocycles. The van der Waals surface area contributed by atoms with Crippen LogP contribution in [0.25, 0.3) is 22.3 Å². The number of nitrogens with one attached hydrogen (secondary N) is 1. The number of anilines is 1. The van der Waals surface area contributed by atoms with Crippen LogP contribution in [0.15, 0.2) is 41.2 Å². The lowest BCUT2D eigenvalue weighted by atomic mass is 9.91. The van der Waals surface area contributed by atoms with E-state index in [1.807, 2.05) is 54.0 Å². The van der Waals surface area contributed by atoms with E-state index >= 15 is 0 Å². The molecule has 0 spiro atoms. The summed E-state index contributed by atoms with van der Waals surface area (Å²) in [6.07, 6.45) is 0. The Kier molecular flexibility index (Phi) is 4.72. The van der Waals surface area contributed by atoms with Crippen molar-refractivity contribution in [3.63, 3.8) is 0 Å². The molecule has 0 amide bonds. The monoisotopic (exact) mass is 405 g/mol. The zero-order valence-corrected chi connectivity index (χ0v) is 18.3. The molecule has 0 aliphatic carbocycles. The molecule has 0 bridgehead atoms. The first kappa shape index (κ1) is 19.9. The van der Waals surface area contributed by atoms with Crippen molar-refractivity contribution >= 4 is 17.0 Å². The van der Waals surface area contributed by atoms with Crippen molar-refractivity contribution in [3.8, 4) is 11.3 Å². The fourth-order valence-electron chi connectivity index (χ4n) is 3.58. The van der Waals surface area contributed by atoms with E-state index in [0.29, 0.717) is 23.5 Å². The van der Waals surface area contributed by atoms with E-state index in [4.69, 9.17) is 4.98 Å². The highest BCUT2D eigenvalue weighted by Crippen LogP contribution is 2.27. The minimum absolute atomic E-state index is 0.192. The second-order valence-electron chi connectivity index (χ2n) is 8.68. The Morgan fingerprint density at radius 1 is 1.07 bits per heavy atom. The zero-order chi connectivity index (χ0) is 21.6. The van der Waals surface area contributed by atoms with E-state index in [1.54, 1.807) is 11.7 Å². The summed E-state index contributed by atoms with van der Waals surface area (Å²) in [5.74, 6) is 0.508. The number of rotatable bonds is 4. The van der Waals surface area contributed by atoms with Gasteiger partial charge in [-0.25, -0.2) is 4.98 Å². The summed E-state index contributed by atoms with van der Waals surface area (Å²) in [5.41, 5.74) is 4.54. The van der Waals surface area contributed by atoms with Gasteiger partial charge in [0.25, 0.3) is 5.56 Å². The molecular formula is C22H27N7O. The summed E-state index contributed by atoms with van der Waals surface area (Å²) >= 11 is 0. The van der Waals surface area contributed by atoms with Crippen molar-refractivity contribution in [3.05, 3.63) is 58.1 Å². The Balaban J connectivity index is 1.70. The molecule has 1 aromatic carbocycles. The molecule has 0 aliphatic rings. The predicted octanol–water partition coefficient (Wildman–Crippen LogP) is 2.99. The maximum Gasteiger partial charge on any atom is 0.278 e. The third-order valence-corrected chi connectivity index (χ3v) is 5.20. The fourth-order valence-corrected chi connectivity index (χ4v) is 3.58. The first-order chi connectivity index (χ1) is 14.1. The number of H-pyrrole nitrogens is 1. The lowest BCUT2D eigenvalue weighted by molar-refractivity contribution is 0.557. The minimum atomic E-state index is -0.219. The van der Waals surface area contributed by atoms with Gasteiger partial charge in [-0.15, -0.1) is 0 Å². The van der Waals surface area contributed by atoms with Gasteiger partial charge in [0.15, 0.2) is 5.52 Å². The lowest BCUT2D eigenvalue weighted by Crippen LogP contribution is -2.24. The maximum atomic E-state index is 12.8. The van der Waals surface area contributed by atoms with Crippen LogP contribution in [-0.2, 0) is 26.1 Å². The molecule has 0 fully saturated rings. The lowest BCUT2D eigenvalue weighted by Gasteiger charge is -2.18. The third kappa shape index (κ3) is 3.49. The van der Waals surface area contributed by atoms with E-state index < -0.39 is 0 Å². The highest BCUT2D eigenvalue weighted by Gasteiger charge is 2.25. The number of aryl methyl sites for hydroxylation is 2. The third-order valence-electron chi connectivity index (χ3n) is 5.20. The molecule has 0 unspecified atom stereocenters. The molecule has 3 aromatic heterocycles. The molecule has 0 saturated carbocycles. The van der Waals surface area contributed by atoms with Gasteiger partial charge in [-0.05, 0) is 6.07 Å². The van der Waals surface area contributed by atoms with Crippen LogP contribution in [0.3, 0.4) is 0 Å². The summed E-state index contributed by atoms with van der Waals surface area (Å²) in [5, 5.41) is 9.19. The van der Waals surface area contributed by atoms with E-state index in [9.17, 15) is 4.79 Å². The maximum absolute atomic E-state index is 12.8. The summed E-state index contributed by atoms with van der Waals surface area (Å²) < 4.78 is 3.47. The first-order valence-electron chi connectivity index (χ1n) is 9.92. The molecule has 1 N–H and O–H groups in total. The van der Waals surface area contributed by atoms with Gasteiger partial charge < -0.3 is 4.90 Å². The SMILES string of the molecule is CN(Cc1cc(-c2ccccc2)nn1C)c1nc2c(C(C)(C)C)nn(C)c2c(=O)[nH]1. The van der Waals surface area contributed by atoms with Crippen molar-refractivity contribution < 1.29 is 0 Å². The highest BCUT2D eigenvalue weighted by molar-refractivity contribution is 5.78. The molecule has 8 nitrogen and oxygen atoms in total. The van der Waals surface area contributed by atoms with Gasteiger partial charge in [0.2, 0.25) is 5.95 Å². The Labute approximate surface area is 175 Å². The van der Waals surface area contributed by atoms with E-state index in [2.05, 4.69) is 42.0 Å². The Morgan fingerprint density at radius 2 is 1.77 bits per heavy atom. The van der Waals surface area contributed by atoms with Crippen LogP contribution >= 0.6 is 0 Å². The van der Waals surface area contributed by atoms with E-state index in [0.717, 1.165) is 22.6 Å². The van der Waals surface area contributed by atoms with Crippen molar-refractivity contribution in [1.82, 2.24) is 29.5 Å². The molecule has 4 aromatic rings. The second kappa shape index (κ2) is 7.12. The van der Waals surface area contributed by atoms with Crippen LogP contribution in [0.4, 0.5) is 5.95 Å². The molecule has 30 heavy (non-hydrogen) atoms. The molecule has 0 aliphatic heterocycles. The molecule has 8 heteroatoms. The molecule has 0 radical (unpaired) electrons. The van der Waals surface area contributed by atoms with Crippen molar-refractivity contribution in [2.75, 3.05) is 11.9 Å². The van der Waals surface area contributed by atoms with Gasteiger partial charge in [-0.2, -0.15) is 10.2 Å². The van der Waals surface area contributed by atoms with Crippen LogP contribution in [0.5, 0.6) is 0 Å². The van der Waals surface area contributed by atoms with Crippen molar-refractivity contribution in [2.45, 2.75) is 32.7 Å². The Hall–Kier alpha value is -3.42. The van der Waals surface area contributed by atoms with Crippen LogP contribution in [0.1, 0.15) is 32.2 Å². The molecule has 156 valence electrons. The van der Waals surface area contributed by atoms with Gasteiger partial charge in [-0.1, -0.05) is 51.1 Å². The van der Waals surface area contributed by atoms with Crippen LogP contribution < -0.4 is 10.5 Å². The Morgan fingerprint density at radius 3 is 2.43 bits per heavy atom. The summed E-state index contributed by atoms with van der Waals surface area (Å²) in [7, 11) is 5.61. The number of aromatic amines is 1. The van der Waals surface area contributed by atoms with Crippen molar-refractivity contribution in [1.29, 1.82) is 0 Å². The molecule has 4 rings (SSSR count). The minimum Gasteiger partial charge on any atom is -0.339 e. The average molecular weight is 406 g/mol. The summed E-state index contributed by atoms with van der Waals surface area (Å²) in [6, 6.07) is 12.1. The normalized spacial score (nSPS) is 11.9. The van der Waals surface area contributed by atoms with Crippen molar-refractivity contribution in [2.24, 2.45) is 14.1 Å². The molecule has 0 atom stereocenters. The molecular weight excluding hydrogens is 378 g/mol. The predicted molar refractivity (Wildman–Crippen MR) is 119 cm³/mol. The summed E-state index contributed by atoms with van der Waals surface area (Å²) in [6.45, 7) is 6.77. The van der Waals surface area contributed by atoms with Crippen LogP contribution in [0.2, 0.25) is 0 Å². The van der Waals surface area contributed by atoms with E-state index in [-0.39, 0.29) is 11.0 Å². The van der Waals surface area contributed by atoms with Crippen LogP contribution in [0, 0.1) is 0 Å². The standard InChI is InChI=1S/C22H27N7O/c1-22(2,3)19-17-18(29(6)26-19)20(30)24-21(23-17)27(4)13-15-12-16(25-28(15)5)14-10-8-7-9-11-14/h7-12H,13H2,1-6H3,(H,23,24,30). The molecule has 0 saturated heterocycles. The number of hydrogen-bond donors (Lipinski definition) is 1. The van der Waals surface area contributed by atoms with Gasteiger partial charge in [0, 0.05) is 32.1 Å². The first-order valence-corrected chi connectivity index (χ1v) is 9.92. The van der Waals surface area contributed by atoms with Gasteiger partial charge in [-0.3, -0.25) is 19.1 Å².